The Morgan fingerprint density at radius 2 is 1.94 bits per heavy atom. The third-order valence-corrected chi connectivity index (χ3v) is 5.39. The summed E-state index contributed by atoms with van der Waals surface area (Å²) in [5, 5.41) is 3.46. The number of pyridine rings is 2. The third kappa shape index (κ3) is 4.11. The summed E-state index contributed by atoms with van der Waals surface area (Å²) in [5.74, 6) is -0.237. The van der Waals surface area contributed by atoms with Crippen molar-refractivity contribution in [1.29, 1.82) is 0 Å². The summed E-state index contributed by atoms with van der Waals surface area (Å²) in [6.07, 6.45) is 3.08. The smallest absolute Gasteiger partial charge is 0.270 e. The van der Waals surface area contributed by atoms with Crippen LogP contribution in [0.2, 0.25) is 0 Å². The lowest BCUT2D eigenvalue weighted by Crippen LogP contribution is -2.49. The molecule has 1 N–H and O–H groups in total. The predicted molar refractivity (Wildman–Crippen MR) is 123 cm³/mol. The molecule has 0 saturated heterocycles. The molecular formula is C25H19FN4O4. The van der Waals surface area contributed by atoms with E-state index in [-0.39, 0.29) is 24.0 Å². The Hall–Kier alpha value is -4.53. The van der Waals surface area contributed by atoms with Crippen LogP contribution in [0.5, 0.6) is 17.2 Å². The fourth-order valence-corrected chi connectivity index (χ4v) is 3.77. The maximum Gasteiger partial charge on any atom is 0.270 e. The number of rotatable bonds is 4. The van der Waals surface area contributed by atoms with Crippen molar-refractivity contribution in [3.63, 3.8) is 0 Å². The van der Waals surface area contributed by atoms with Crippen LogP contribution in [0.4, 0.5) is 10.1 Å². The van der Waals surface area contributed by atoms with Crippen molar-refractivity contribution >= 4 is 28.4 Å². The Labute approximate surface area is 194 Å². The van der Waals surface area contributed by atoms with Crippen LogP contribution in [-0.4, -0.2) is 41.5 Å². The average Bonchev–Trinajstić information content (AvgIpc) is 2.96. The number of hydrogen-bond acceptors (Lipinski definition) is 6. The fraction of sp³-hybridized carbons (Fsp3) is 0.120. The summed E-state index contributed by atoms with van der Waals surface area (Å²) >= 11 is 0. The van der Waals surface area contributed by atoms with Gasteiger partial charge in [0.05, 0.1) is 11.2 Å². The summed E-state index contributed by atoms with van der Waals surface area (Å²) in [4.78, 5) is 35.9. The second-order valence-corrected chi connectivity index (χ2v) is 7.65. The molecular weight excluding hydrogens is 439 g/mol. The van der Waals surface area contributed by atoms with E-state index in [2.05, 4.69) is 15.3 Å². The van der Waals surface area contributed by atoms with E-state index < -0.39 is 17.8 Å². The molecule has 34 heavy (non-hydrogen) atoms. The Kier molecular flexibility index (Phi) is 5.51. The van der Waals surface area contributed by atoms with Gasteiger partial charge in [0.15, 0.2) is 0 Å². The Morgan fingerprint density at radius 1 is 1.09 bits per heavy atom. The van der Waals surface area contributed by atoms with Crippen molar-refractivity contribution in [3.8, 4) is 17.2 Å². The number of carbonyl (C=O) groups excluding carboxylic acids is 2. The number of hydrogen-bond donors (Lipinski definition) is 1. The highest BCUT2D eigenvalue weighted by Gasteiger charge is 2.32. The zero-order chi connectivity index (χ0) is 23.7. The molecule has 8 nitrogen and oxygen atoms in total. The molecule has 1 aliphatic heterocycles. The van der Waals surface area contributed by atoms with Gasteiger partial charge in [0.1, 0.15) is 41.4 Å². The first-order valence-corrected chi connectivity index (χ1v) is 10.5. The molecule has 5 rings (SSSR count). The first kappa shape index (κ1) is 21.3. The van der Waals surface area contributed by atoms with Crippen molar-refractivity contribution in [1.82, 2.24) is 15.3 Å². The Balaban J connectivity index is 1.35. The minimum Gasteiger partial charge on any atom is -0.489 e. The van der Waals surface area contributed by atoms with E-state index in [1.165, 1.54) is 35.4 Å². The molecule has 0 aliphatic carbocycles. The van der Waals surface area contributed by atoms with Crippen LogP contribution in [-0.2, 0) is 4.79 Å². The van der Waals surface area contributed by atoms with Gasteiger partial charge < -0.3 is 19.7 Å². The topological polar surface area (TPSA) is 93.7 Å². The van der Waals surface area contributed by atoms with Crippen molar-refractivity contribution in [2.75, 3.05) is 18.6 Å². The first-order chi connectivity index (χ1) is 16.5. The highest BCUT2D eigenvalue weighted by atomic mass is 19.1. The minimum absolute atomic E-state index is 0.0424. The summed E-state index contributed by atoms with van der Waals surface area (Å²) in [7, 11) is 1.63. The van der Waals surface area contributed by atoms with Crippen molar-refractivity contribution in [2.45, 2.75) is 6.04 Å². The summed E-state index contributed by atoms with van der Waals surface area (Å²) in [6, 6.07) is 14.9. The van der Waals surface area contributed by atoms with Crippen molar-refractivity contribution < 1.29 is 23.5 Å². The number of carbonyl (C=O) groups is 2. The number of nitrogens with zero attached hydrogens (tertiary/aromatic N) is 3. The monoisotopic (exact) mass is 458 g/mol. The van der Waals surface area contributed by atoms with Gasteiger partial charge in [0.2, 0.25) is 0 Å². The van der Waals surface area contributed by atoms with E-state index in [0.29, 0.717) is 17.2 Å². The standard InChI is InChI=1S/C25H19FN4O4/c1-30-23-18-6-3-10-27-19(18)7-8-22(23)33-14-21(25(30)32)29-24(31)20-13-17(9-11-28-20)34-16-5-2-4-15(26)12-16/h2-13,21H,14H2,1H3,(H,29,31)/t21-/m0/s1. The van der Waals surface area contributed by atoms with E-state index in [0.717, 1.165) is 10.9 Å². The number of likely N-dealkylation sites (N-methyl/N-ethyl adjacent to an activating group) is 1. The van der Waals surface area contributed by atoms with E-state index in [1.54, 1.807) is 37.5 Å². The number of anilines is 1. The molecule has 1 atom stereocenters. The number of benzene rings is 2. The summed E-state index contributed by atoms with van der Waals surface area (Å²) < 4.78 is 24.9. The van der Waals surface area contributed by atoms with E-state index in [9.17, 15) is 14.0 Å². The van der Waals surface area contributed by atoms with Crippen LogP contribution < -0.4 is 19.7 Å². The molecule has 3 heterocycles. The number of nitrogens with one attached hydrogen (secondary N) is 1. The number of halogens is 1. The zero-order valence-electron chi connectivity index (χ0n) is 18.1. The number of amides is 2. The Morgan fingerprint density at radius 3 is 2.79 bits per heavy atom. The molecule has 2 amide bonds. The van der Waals surface area contributed by atoms with Crippen LogP contribution in [0, 0.1) is 5.82 Å². The van der Waals surface area contributed by atoms with Gasteiger partial charge in [0.25, 0.3) is 11.8 Å². The molecule has 2 aromatic heterocycles. The second kappa shape index (κ2) is 8.78. The highest BCUT2D eigenvalue weighted by Crippen LogP contribution is 2.37. The lowest BCUT2D eigenvalue weighted by Gasteiger charge is -2.21. The number of fused-ring (bicyclic) bond motifs is 3. The highest BCUT2D eigenvalue weighted by molar-refractivity contribution is 6.08. The summed E-state index contributed by atoms with van der Waals surface area (Å²) in [5.41, 5.74) is 1.36. The first-order valence-electron chi connectivity index (χ1n) is 10.5. The van der Waals surface area contributed by atoms with Gasteiger partial charge in [-0.05, 0) is 42.5 Å². The van der Waals surface area contributed by atoms with Gasteiger partial charge in [0, 0.05) is 37.0 Å². The maximum atomic E-state index is 13.4. The van der Waals surface area contributed by atoms with Gasteiger partial charge in [-0.15, -0.1) is 0 Å². The second-order valence-electron chi connectivity index (χ2n) is 7.65. The number of ether oxygens (including phenoxy) is 2. The lowest BCUT2D eigenvalue weighted by molar-refractivity contribution is -0.120. The molecule has 4 aromatic rings. The molecule has 0 radical (unpaired) electrons. The Bertz CT molecular complexity index is 1410. The largest absolute Gasteiger partial charge is 0.489 e. The van der Waals surface area contributed by atoms with Crippen LogP contribution in [0.1, 0.15) is 10.5 Å². The van der Waals surface area contributed by atoms with Gasteiger partial charge in [-0.25, -0.2) is 4.39 Å². The zero-order valence-corrected chi connectivity index (χ0v) is 18.1. The predicted octanol–water partition coefficient (Wildman–Crippen LogP) is 3.72. The molecule has 9 heteroatoms. The molecule has 0 fully saturated rings. The molecule has 0 spiro atoms. The van der Waals surface area contributed by atoms with Gasteiger partial charge >= 0.3 is 0 Å². The molecule has 0 bridgehead atoms. The summed E-state index contributed by atoms with van der Waals surface area (Å²) in [6.45, 7) is -0.0484. The normalized spacial score (nSPS) is 15.3. The number of aromatic nitrogens is 2. The van der Waals surface area contributed by atoms with Gasteiger partial charge in [-0.3, -0.25) is 19.6 Å². The quantitative estimate of drug-likeness (QED) is 0.501. The fourth-order valence-electron chi connectivity index (χ4n) is 3.77. The molecule has 0 saturated carbocycles. The average molecular weight is 458 g/mol. The van der Waals surface area contributed by atoms with Crippen molar-refractivity contribution in [2.24, 2.45) is 0 Å². The van der Waals surface area contributed by atoms with E-state index in [4.69, 9.17) is 9.47 Å². The van der Waals surface area contributed by atoms with Gasteiger partial charge in [-0.1, -0.05) is 6.07 Å². The van der Waals surface area contributed by atoms with E-state index in [1.807, 2.05) is 12.1 Å². The van der Waals surface area contributed by atoms with Crippen LogP contribution in [0.3, 0.4) is 0 Å². The minimum atomic E-state index is -0.939. The van der Waals surface area contributed by atoms with E-state index >= 15 is 0 Å². The van der Waals surface area contributed by atoms with Gasteiger partial charge in [-0.2, -0.15) is 0 Å². The third-order valence-electron chi connectivity index (χ3n) is 5.39. The van der Waals surface area contributed by atoms with Crippen molar-refractivity contribution in [3.05, 3.63) is 84.6 Å². The molecule has 170 valence electrons. The molecule has 2 aromatic carbocycles. The molecule has 0 unspecified atom stereocenters. The maximum absolute atomic E-state index is 13.4. The van der Waals surface area contributed by atoms with Crippen LogP contribution >= 0.6 is 0 Å². The SMILES string of the molecule is CN1C(=O)[C@@H](NC(=O)c2cc(Oc3cccc(F)c3)ccn2)COc2ccc3ncccc3c21. The van der Waals surface area contributed by atoms with Crippen LogP contribution in [0.15, 0.2) is 73.1 Å². The van der Waals surface area contributed by atoms with Crippen LogP contribution in [0.25, 0.3) is 10.9 Å². The lowest BCUT2D eigenvalue weighted by atomic mass is 10.1. The molecule has 1 aliphatic rings.